The van der Waals surface area contributed by atoms with Gasteiger partial charge in [-0.3, -0.25) is 0 Å². The molecule has 0 radical (unpaired) electrons. The van der Waals surface area contributed by atoms with Gasteiger partial charge in [0.25, 0.3) is 0 Å². The van der Waals surface area contributed by atoms with Gasteiger partial charge in [-0.25, -0.2) is 22.8 Å². The second-order valence-electron chi connectivity index (χ2n) is 5.78. The van der Waals surface area contributed by atoms with Crippen LogP contribution >= 0.6 is 11.8 Å². The molecule has 2 aromatic rings. The Kier molecular flexibility index (Phi) is 3.40. The number of thioether (sulfide) groups is 1. The molecule has 2 atom stereocenters. The van der Waals surface area contributed by atoms with Crippen LogP contribution < -0.4 is 0 Å². The minimum absolute atomic E-state index is 0.170. The topological polar surface area (TPSA) is 30.7 Å². The molecule has 7 heteroatoms. The number of aromatic nitrogens is 3. The maximum atomic E-state index is 14.2. The Morgan fingerprint density at radius 1 is 1.18 bits per heavy atom. The van der Waals surface area contributed by atoms with Crippen LogP contribution in [0.2, 0.25) is 0 Å². The van der Waals surface area contributed by atoms with Crippen molar-refractivity contribution in [2.75, 3.05) is 0 Å². The fraction of sp³-hybridized carbons (Fsp3) is 0.467. The van der Waals surface area contributed by atoms with Crippen LogP contribution in [0.25, 0.3) is 0 Å². The van der Waals surface area contributed by atoms with Gasteiger partial charge in [-0.15, -0.1) is 5.10 Å². The molecule has 3 nitrogen and oxygen atoms in total. The molecule has 2 heterocycles. The molecule has 0 unspecified atom stereocenters. The van der Waals surface area contributed by atoms with Crippen molar-refractivity contribution >= 4 is 11.8 Å². The molecule has 1 aromatic carbocycles. The quantitative estimate of drug-likeness (QED) is 0.854. The average Bonchev–Trinajstić information content (AvgIpc) is 2.98. The predicted octanol–water partition coefficient (Wildman–Crippen LogP) is 4.01. The summed E-state index contributed by atoms with van der Waals surface area (Å²) in [7, 11) is 0. The van der Waals surface area contributed by atoms with Crippen LogP contribution in [0.15, 0.2) is 29.4 Å². The van der Waals surface area contributed by atoms with Crippen LogP contribution in [-0.2, 0) is 0 Å². The van der Waals surface area contributed by atoms with Gasteiger partial charge in [0.15, 0.2) is 12.0 Å². The average molecular weight is 325 g/mol. The third-order valence-electron chi connectivity index (χ3n) is 4.19. The first kappa shape index (κ1) is 14.1. The second kappa shape index (κ2) is 5.30. The summed E-state index contributed by atoms with van der Waals surface area (Å²) in [4.78, 5) is 4.24. The molecule has 0 saturated heterocycles. The third-order valence-corrected chi connectivity index (χ3v) is 5.29. The number of hydrogen-bond acceptors (Lipinski definition) is 3. The van der Waals surface area contributed by atoms with E-state index < -0.39 is 12.3 Å². The summed E-state index contributed by atoms with van der Waals surface area (Å²) in [6, 6.07) is 5.80. The lowest BCUT2D eigenvalue weighted by molar-refractivity contribution is 0.219. The molecule has 0 spiro atoms. The SMILES string of the molecule is Fc1cccc([C@@H]2C[C@H](F)c3nc(SC4CC(F)C4)nn32)c1. The highest BCUT2D eigenvalue weighted by Gasteiger charge is 2.37. The van der Waals surface area contributed by atoms with E-state index in [-0.39, 0.29) is 29.4 Å². The van der Waals surface area contributed by atoms with E-state index in [2.05, 4.69) is 10.1 Å². The number of benzene rings is 1. The molecule has 1 aromatic heterocycles. The maximum Gasteiger partial charge on any atom is 0.209 e. The van der Waals surface area contributed by atoms with Gasteiger partial charge < -0.3 is 0 Å². The van der Waals surface area contributed by atoms with E-state index in [1.165, 1.54) is 23.9 Å². The highest BCUT2D eigenvalue weighted by Crippen LogP contribution is 2.42. The zero-order valence-corrected chi connectivity index (χ0v) is 12.4. The van der Waals surface area contributed by atoms with E-state index in [0.717, 1.165) is 0 Å². The molecule has 4 rings (SSSR count). The van der Waals surface area contributed by atoms with Crippen molar-refractivity contribution in [1.82, 2.24) is 14.8 Å². The van der Waals surface area contributed by atoms with Crippen LogP contribution in [-0.4, -0.2) is 26.2 Å². The smallest absolute Gasteiger partial charge is 0.209 e. The molecule has 0 amide bonds. The third kappa shape index (κ3) is 2.41. The van der Waals surface area contributed by atoms with Gasteiger partial charge in [-0.2, -0.15) is 0 Å². The monoisotopic (exact) mass is 325 g/mol. The molecule has 2 aliphatic rings. The van der Waals surface area contributed by atoms with Gasteiger partial charge in [0.2, 0.25) is 5.16 Å². The maximum absolute atomic E-state index is 14.2. The van der Waals surface area contributed by atoms with E-state index >= 15 is 0 Å². The summed E-state index contributed by atoms with van der Waals surface area (Å²) in [5, 5.41) is 5.01. The van der Waals surface area contributed by atoms with E-state index in [1.54, 1.807) is 16.8 Å². The summed E-state index contributed by atoms with van der Waals surface area (Å²) in [6.45, 7) is 0. The van der Waals surface area contributed by atoms with Crippen molar-refractivity contribution in [2.24, 2.45) is 0 Å². The molecule has 1 fully saturated rings. The first-order chi connectivity index (χ1) is 10.6. The van der Waals surface area contributed by atoms with E-state index in [1.807, 2.05) is 0 Å². The Morgan fingerprint density at radius 2 is 2.00 bits per heavy atom. The Labute approximate surface area is 129 Å². The van der Waals surface area contributed by atoms with E-state index in [9.17, 15) is 13.2 Å². The summed E-state index contributed by atoms with van der Waals surface area (Å²) in [5.41, 5.74) is 0.690. The normalized spacial score (nSPS) is 30.1. The van der Waals surface area contributed by atoms with Crippen molar-refractivity contribution in [3.05, 3.63) is 41.5 Å². The summed E-state index contributed by atoms with van der Waals surface area (Å²) in [5.74, 6) is -0.0626. The molecule has 22 heavy (non-hydrogen) atoms. The molecule has 116 valence electrons. The molecular weight excluding hydrogens is 311 g/mol. The predicted molar refractivity (Wildman–Crippen MR) is 76.8 cm³/mol. The Hall–Kier alpha value is -1.50. The fourth-order valence-electron chi connectivity index (χ4n) is 2.95. The van der Waals surface area contributed by atoms with Gasteiger partial charge in [-0.1, -0.05) is 23.9 Å². The first-order valence-corrected chi connectivity index (χ1v) is 8.15. The Morgan fingerprint density at radius 3 is 2.73 bits per heavy atom. The molecule has 1 saturated carbocycles. The number of halogens is 3. The number of rotatable bonds is 3. The van der Waals surface area contributed by atoms with Crippen molar-refractivity contribution in [1.29, 1.82) is 0 Å². The van der Waals surface area contributed by atoms with Crippen molar-refractivity contribution in [2.45, 2.75) is 48.1 Å². The second-order valence-corrected chi connectivity index (χ2v) is 7.05. The molecule has 0 N–H and O–H groups in total. The summed E-state index contributed by atoms with van der Waals surface area (Å²) >= 11 is 1.40. The lowest BCUT2D eigenvalue weighted by atomic mass is 9.97. The zero-order chi connectivity index (χ0) is 15.3. The molecular formula is C15H14F3N3S. The number of fused-ring (bicyclic) bond motifs is 1. The van der Waals surface area contributed by atoms with Crippen LogP contribution in [0.1, 0.15) is 42.9 Å². The van der Waals surface area contributed by atoms with Crippen LogP contribution in [0.3, 0.4) is 0 Å². The van der Waals surface area contributed by atoms with Crippen molar-refractivity contribution in [3.63, 3.8) is 0 Å². The van der Waals surface area contributed by atoms with Gasteiger partial charge in [0.1, 0.15) is 12.0 Å². The van der Waals surface area contributed by atoms with E-state index in [4.69, 9.17) is 0 Å². The zero-order valence-electron chi connectivity index (χ0n) is 11.6. The number of hydrogen-bond donors (Lipinski definition) is 0. The van der Waals surface area contributed by atoms with Gasteiger partial charge in [-0.05, 0) is 30.5 Å². The van der Waals surface area contributed by atoms with Gasteiger partial charge >= 0.3 is 0 Å². The largest absolute Gasteiger partial charge is 0.247 e. The fourth-order valence-corrected chi connectivity index (χ4v) is 4.14. The molecule has 0 bridgehead atoms. The molecule has 1 aliphatic carbocycles. The highest BCUT2D eigenvalue weighted by atomic mass is 32.2. The Balaban J connectivity index is 1.60. The summed E-state index contributed by atoms with van der Waals surface area (Å²) in [6.07, 6.45) is -0.715. The minimum Gasteiger partial charge on any atom is -0.247 e. The minimum atomic E-state index is -1.20. The summed E-state index contributed by atoms with van der Waals surface area (Å²) < 4.78 is 42.0. The van der Waals surface area contributed by atoms with E-state index in [0.29, 0.717) is 23.6 Å². The lowest BCUT2D eigenvalue weighted by Crippen LogP contribution is -2.27. The number of alkyl halides is 2. The van der Waals surface area contributed by atoms with Crippen LogP contribution in [0.4, 0.5) is 13.2 Å². The van der Waals surface area contributed by atoms with Crippen LogP contribution in [0.5, 0.6) is 0 Å². The highest BCUT2D eigenvalue weighted by molar-refractivity contribution is 7.99. The first-order valence-electron chi connectivity index (χ1n) is 7.27. The van der Waals surface area contributed by atoms with Crippen molar-refractivity contribution in [3.8, 4) is 0 Å². The molecule has 1 aliphatic heterocycles. The number of nitrogens with zero attached hydrogens (tertiary/aromatic N) is 3. The standard InChI is InChI=1S/C15H14F3N3S/c16-9-3-1-2-8(4-9)13-7-12(18)14-19-15(20-21(13)14)22-11-5-10(17)6-11/h1-4,10-13H,5-7H2/t10?,11?,12-,13-/m0/s1. The Bertz CT molecular complexity index is 699. The van der Waals surface area contributed by atoms with Gasteiger partial charge in [0, 0.05) is 11.7 Å². The van der Waals surface area contributed by atoms with Crippen LogP contribution in [0, 0.1) is 5.82 Å². The van der Waals surface area contributed by atoms with Crippen molar-refractivity contribution < 1.29 is 13.2 Å². The van der Waals surface area contributed by atoms with Gasteiger partial charge in [0.05, 0.1) is 6.04 Å². The lowest BCUT2D eigenvalue weighted by Gasteiger charge is -2.27.